The number of aromatic nitrogens is 1. The lowest BCUT2D eigenvalue weighted by Gasteiger charge is -2.14. The van der Waals surface area contributed by atoms with Crippen molar-refractivity contribution in [3.8, 4) is 5.75 Å². The summed E-state index contributed by atoms with van der Waals surface area (Å²) in [6, 6.07) is 12.8. The molecule has 7 heteroatoms. The van der Waals surface area contributed by atoms with Gasteiger partial charge in [0.1, 0.15) is 23.4 Å². The highest BCUT2D eigenvalue weighted by Crippen LogP contribution is 2.29. The van der Waals surface area contributed by atoms with Crippen LogP contribution in [0.25, 0.3) is 11.1 Å². The third-order valence-electron chi connectivity index (χ3n) is 3.63. The van der Waals surface area contributed by atoms with E-state index in [9.17, 15) is 9.90 Å². The van der Waals surface area contributed by atoms with Crippen LogP contribution in [0.2, 0.25) is 0 Å². The Bertz CT molecular complexity index is 864. The van der Waals surface area contributed by atoms with Crippen LogP contribution in [0, 0.1) is 6.92 Å². The number of nitrogens with two attached hydrogens (primary N) is 1. The Balaban J connectivity index is 0.00000225. The number of halogens is 1. The van der Waals surface area contributed by atoms with Crippen LogP contribution in [0.5, 0.6) is 5.75 Å². The number of fused-ring (bicyclic) bond motifs is 1. The predicted octanol–water partition coefficient (Wildman–Crippen LogP) is 3.21. The van der Waals surface area contributed by atoms with Crippen LogP contribution in [-0.2, 0) is 6.42 Å². The predicted molar refractivity (Wildman–Crippen MR) is 96.6 cm³/mol. The molecule has 1 heterocycles. The number of nitrogens with zero attached hydrogens (tertiary/aromatic N) is 1. The van der Waals surface area contributed by atoms with Gasteiger partial charge < -0.3 is 20.0 Å². The molecule has 25 heavy (non-hydrogen) atoms. The molecule has 0 aliphatic carbocycles. The van der Waals surface area contributed by atoms with E-state index in [0.717, 1.165) is 5.56 Å². The normalized spacial score (nSPS) is 11.8. The first kappa shape index (κ1) is 18.8. The zero-order valence-electron chi connectivity index (χ0n) is 13.6. The zero-order chi connectivity index (χ0) is 17.1. The van der Waals surface area contributed by atoms with Crippen molar-refractivity contribution in [2.24, 2.45) is 5.73 Å². The van der Waals surface area contributed by atoms with Crippen molar-refractivity contribution in [3.05, 3.63) is 59.5 Å². The maximum absolute atomic E-state index is 11.6. The minimum Gasteiger partial charge on any atom is -0.491 e. The molecule has 132 valence electrons. The van der Waals surface area contributed by atoms with E-state index >= 15 is 0 Å². The van der Waals surface area contributed by atoms with Crippen LogP contribution in [-0.4, -0.2) is 28.7 Å². The molecule has 0 radical (unpaired) electrons. The smallest absolute Gasteiger partial charge is 0.343 e. The van der Waals surface area contributed by atoms with Crippen molar-refractivity contribution in [1.82, 2.24) is 4.98 Å². The number of carbonyl (C=O) groups is 1. The Hall–Kier alpha value is -2.57. The van der Waals surface area contributed by atoms with Crippen molar-refractivity contribution in [1.29, 1.82) is 0 Å². The molecule has 0 amide bonds. The fraction of sp³-hybridized carbons (Fsp3) is 0.222. The van der Waals surface area contributed by atoms with Crippen molar-refractivity contribution >= 4 is 29.5 Å². The molecule has 6 nitrogen and oxygen atoms in total. The molecule has 1 unspecified atom stereocenters. The van der Waals surface area contributed by atoms with Crippen LogP contribution in [0.15, 0.2) is 46.9 Å². The van der Waals surface area contributed by atoms with E-state index < -0.39 is 5.97 Å². The summed E-state index contributed by atoms with van der Waals surface area (Å²) in [6.45, 7) is 1.87. The molecule has 1 atom stereocenters. The lowest BCUT2D eigenvalue weighted by Crippen LogP contribution is -2.30. The molecule has 0 aliphatic heterocycles. The Morgan fingerprint density at radius 2 is 2.00 bits per heavy atom. The molecule has 3 N–H and O–H groups in total. The van der Waals surface area contributed by atoms with Crippen LogP contribution >= 0.6 is 12.4 Å². The van der Waals surface area contributed by atoms with Gasteiger partial charge in [0.25, 0.3) is 0 Å². The molecule has 0 aliphatic rings. The Kier molecular flexibility index (Phi) is 6.01. The first-order chi connectivity index (χ1) is 11.5. The average molecular weight is 363 g/mol. The van der Waals surface area contributed by atoms with Gasteiger partial charge in [0, 0.05) is 13.0 Å². The SMILES string of the molecule is Cc1nc2ccc(OCC(N)Cc3ccccc3)c(C(=O)O)c2o1.Cl. The monoisotopic (exact) mass is 362 g/mol. The van der Waals surface area contributed by atoms with Crippen molar-refractivity contribution in [2.45, 2.75) is 19.4 Å². The molecule has 0 saturated heterocycles. The van der Waals surface area contributed by atoms with Gasteiger partial charge in [-0.3, -0.25) is 0 Å². The van der Waals surface area contributed by atoms with E-state index in [1.807, 2.05) is 30.3 Å². The highest BCUT2D eigenvalue weighted by Gasteiger charge is 2.20. The second kappa shape index (κ2) is 8.00. The summed E-state index contributed by atoms with van der Waals surface area (Å²) in [7, 11) is 0. The molecule has 0 bridgehead atoms. The van der Waals surface area contributed by atoms with Crippen LogP contribution in [0.1, 0.15) is 21.8 Å². The van der Waals surface area contributed by atoms with Crippen molar-refractivity contribution in [3.63, 3.8) is 0 Å². The van der Waals surface area contributed by atoms with Gasteiger partial charge in [-0.1, -0.05) is 30.3 Å². The minimum atomic E-state index is -1.12. The summed E-state index contributed by atoms with van der Waals surface area (Å²) in [4.78, 5) is 15.7. The van der Waals surface area contributed by atoms with Gasteiger partial charge in [-0.2, -0.15) is 0 Å². The maximum Gasteiger partial charge on any atom is 0.343 e. The summed E-state index contributed by atoms with van der Waals surface area (Å²) in [5.74, 6) is -0.483. The van der Waals surface area contributed by atoms with Gasteiger partial charge >= 0.3 is 5.97 Å². The molecule has 1 aromatic heterocycles. The lowest BCUT2D eigenvalue weighted by atomic mass is 10.1. The van der Waals surface area contributed by atoms with Gasteiger partial charge in [-0.05, 0) is 24.1 Å². The highest BCUT2D eigenvalue weighted by atomic mass is 35.5. The van der Waals surface area contributed by atoms with E-state index in [1.165, 1.54) is 0 Å². The van der Waals surface area contributed by atoms with E-state index in [2.05, 4.69) is 4.98 Å². The number of aromatic carboxylic acids is 1. The molecule has 0 fully saturated rings. The number of hydrogen-bond acceptors (Lipinski definition) is 5. The van der Waals surface area contributed by atoms with E-state index in [-0.39, 0.29) is 42.0 Å². The average Bonchev–Trinajstić information content (AvgIpc) is 2.93. The number of carboxylic acids is 1. The first-order valence-electron chi connectivity index (χ1n) is 7.60. The summed E-state index contributed by atoms with van der Waals surface area (Å²) in [5.41, 5.74) is 7.87. The van der Waals surface area contributed by atoms with Gasteiger partial charge in [0.15, 0.2) is 11.5 Å². The van der Waals surface area contributed by atoms with Crippen molar-refractivity contribution in [2.75, 3.05) is 6.61 Å². The number of benzene rings is 2. The van der Waals surface area contributed by atoms with Crippen LogP contribution in [0.4, 0.5) is 0 Å². The molecular formula is C18H19ClN2O4. The molecule has 0 saturated carbocycles. The number of carboxylic acid groups (broad SMARTS) is 1. The molecule has 0 spiro atoms. The first-order valence-corrected chi connectivity index (χ1v) is 7.60. The van der Waals surface area contributed by atoms with Gasteiger partial charge in [0.2, 0.25) is 0 Å². The third-order valence-corrected chi connectivity index (χ3v) is 3.63. The molecule has 3 rings (SSSR count). The largest absolute Gasteiger partial charge is 0.491 e. The quantitative estimate of drug-likeness (QED) is 0.698. The van der Waals surface area contributed by atoms with Crippen molar-refractivity contribution < 1.29 is 19.1 Å². The number of hydrogen-bond donors (Lipinski definition) is 2. The summed E-state index contributed by atoms with van der Waals surface area (Å²) < 4.78 is 11.1. The Morgan fingerprint density at radius 1 is 1.28 bits per heavy atom. The Labute approximate surface area is 151 Å². The van der Waals surface area contributed by atoms with Crippen LogP contribution < -0.4 is 10.5 Å². The minimum absolute atomic E-state index is 0. The second-order valence-electron chi connectivity index (χ2n) is 5.59. The summed E-state index contributed by atoms with van der Waals surface area (Å²) in [6.07, 6.45) is 0.646. The number of ether oxygens (including phenoxy) is 1. The fourth-order valence-electron chi connectivity index (χ4n) is 2.58. The maximum atomic E-state index is 11.6. The molecular weight excluding hydrogens is 344 g/mol. The van der Waals surface area contributed by atoms with Gasteiger partial charge in [0.05, 0.1) is 0 Å². The molecule has 3 aromatic rings. The zero-order valence-corrected chi connectivity index (χ0v) is 14.5. The topological polar surface area (TPSA) is 98.6 Å². The number of oxazole rings is 1. The number of rotatable bonds is 6. The van der Waals surface area contributed by atoms with Gasteiger partial charge in [-0.15, -0.1) is 12.4 Å². The second-order valence-corrected chi connectivity index (χ2v) is 5.59. The van der Waals surface area contributed by atoms with Crippen LogP contribution in [0.3, 0.4) is 0 Å². The van der Waals surface area contributed by atoms with E-state index in [0.29, 0.717) is 17.8 Å². The van der Waals surface area contributed by atoms with E-state index in [4.69, 9.17) is 14.9 Å². The Morgan fingerprint density at radius 3 is 2.68 bits per heavy atom. The van der Waals surface area contributed by atoms with E-state index in [1.54, 1.807) is 19.1 Å². The van der Waals surface area contributed by atoms with Gasteiger partial charge in [-0.25, -0.2) is 9.78 Å². The lowest BCUT2D eigenvalue weighted by molar-refractivity contribution is 0.0693. The highest BCUT2D eigenvalue weighted by molar-refractivity contribution is 6.02. The molecule has 2 aromatic carbocycles. The third kappa shape index (κ3) is 4.29. The summed E-state index contributed by atoms with van der Waals surface area (Å²) in [5, 5.41) is 9.47. The standard InChI is InChI=1S/C18H18N2O4.ClH/c1-11-20-14-7-8-15(16(18(21)22)17(14)24-11)23-10-13(19)9-12-5-3-2-4-6-12;/h2-8,13H,9-10,19H2,1H3,(H,21,22);1H. The summed E-state index contributed by atoms with van der Waals surface area (Å²) >= 11 is 0. The number of aryl methyl sites for hydroxylation is 1. The fourth-order valence-corrected chi connectivity index (χ4v) is 2.58.